The van der Waals surface area contributed by atoms with Crippen LogP contribution in [0.25, 0.3) is 11.0 Å². The summed E-state index contributed by atoms with van der Waals surface area (Å²) in [7, 11) is -3.30. The van der Waals surface area contributed by atoms with Gasteiger partial charge in [-0.2, -0.15) is 17.0 Å². The van der Waals surface area contributed by atoms with Gasteiger partial charge in [0.2, 0.25) is 0 Å². The van der Waals surface area contributed by atoms with Gasteiger partial charge >= 0.3 is 0 Å². The van der Waals surface area contributed by atoms with Crippen molar-refractivity contribution in [1.29, 1.82) is 0 Å². The van der Waals surface area contributed by atoms with Gasteiger partial charge in [0.25, 0.3) is 10.2 Å². The molecule has 0 bridgehead atoms. The molecule has 7 heteroatoms. The number of aromatic nitrogens is 2. The summed E-state index contributed by atoms with van der Waals surface area (Å²) < 4.78 is 30.9. The van der Waals surface area contributed by atoms with E-state index < -0.39 is 10.2 Å². The average molecular weight is 334 g/mol. The smallest absolute Gasteiger partial charge is 0.282 e. The van der Waals surface area contributed by atoms with E-state index in [0.29, 0.717) is 26.2 Å². The van der Waals surface area contributed by atoms with Crippen molar-refractivity contribution in [3.63, 3.8) is 0 Å². The lowest BCUT2D eigenvalue weighted by Crippen LogP contribution is -2.41. The Morgan fingerprint density at radius 2 is 1.83 bits per heavy atom. The Hall–Kier alpha value is -1.44. The predicted octanol–water partition coefficient (Wildman–Crippen LogP) is 1.93. The molecule has 2 aromatic rings. The van der Waals surface area contributed by atoms with Gasteiger partial charge in [-0.1, -0.05) is 12.1 Å². The first-order valence-electron chi connectivity index (χ1n) is 8.26. The van der Waals surface area contributed by atoms with Crippen LogP contribution in [0.3, 0.4) is 0 Å². The van der Waals surface area contributed by atoms with E-state index in [4.69, 9.17) is 0 Å². The molecule has 1 aromatic carbocycles. The van der Waals surface area contributed by atoms with Crippen LogP contribution in [-0.2, 0) is 10.2 Å². The van der Waals surface area contributed by atoms with E-state index in [9.17, 15) is 8.42 Å². The number of hydrogen-bond donors (Lipinski definition) is 0. The molecule has 0 amide bonds. The van der Waals surface area contributed by atoms with Crippen molar-refractivity contribution in [1.82, 2.24) is 18.2 Å². The number of benzene rings is 1. The SMILES string of the molecule is Cc1nc2ccccc2n1[C@H]1CCN(S(=O)(=O)N2CCCC2)C1. The first-order chi connectivity index (χ1) is 11.1. The second-order valence-electron chi connectivity index (χ2n) is 6.43. The summed E-state index contributed by atoms with van der Waals surface area (Å²) in [6.45, 7) is 4.46. The van der Waals surface area contributed by atoms with Gasteiger partial charge in [0, 0.05) is 26.2 Å². The van der Waals surface area contributed by atoms with Gasteiger partial charge < -0.3 is 4.57 Å². The maximum Gasteiger partial charge on any atom is 0.282 e. The Balaban J connectivity index is 1.62. The molecule has 0 saturated carbocycles. The Labute approximate surface area is 136 Å². The molecule has 2 saturated heterocycles. The van der Waals surface area contributed by atoms with Gasteiger partial charge in [-0.3, -0.25) is 0 Å². The van der Waals surface area contributed by atoms with Crippen LogP contribution in [0.1, 0.15) is 31.1 Å². The normalized spacial score (nSPS) is 24.0. The van der Waals surface area contributed by atoms with Crippen LogP contribution in [0, 0.1) is 6.92 Å². The molecule has 2 aliphatic heterocycles. The van der Waals surface area contributed by atoms with Gasteiger partial charge in [0.15, 0.2) is 0 Å². The molecule has 4 rings (SSSR count). The Kier molecular flexibility index (Phi) is 3.66. The van der Waals surface area contributed by atoms with Crippen molar-refractivity contribution in [2.45, 2.75) is 32.2 Å². The second kappa shape index (κ2) is 5.58. The van der Waals surface area contributed by atoms with Crippen LogP contribution in [0.4, 0.5) is 0 Å². The average Bonchev–Trinajstić information content (AvgIpc) is 3.26. The quantitative estimate of drug-likeness (QED) is 0.862. The number of rotatable bonds is 3. The van der Waals surface area contributed by atoms with Crippen molar-refractivity contribution in [3.05, 3.63) is 30.1 Å². The third-order valence-corrected chi connectivity index (χ3v) is 6.98. The minimum atomic E-state index is -3.30. The van der Waals surface area contributed by atoms with E-state index >= 15 is 0 Å². The van der Waals surface area contributed by atoms with Gasteiger partial charge in [-0.25, -0.2) is 4.98 Å². The fourth-order valence-corrected chi connectivity index (χ4v) is 5.58. The molecule has 0 unspecified atom stereocenters. The number of para-hydroxylation sites is 2. The second-order valence-corrected chi connectivity index (χ2v) is 8.36. The predicted molar refractivity (Wildman–Crippen MR) is 89.4 cm³/mol. The highest BCUT2D eigenvalue weighted by Gasteiger charge is 2.37. The highest BCUT2D eigenvalue weighted by Crippen LogP contribution is 2.30. The lowest BCUT2D eigenvalue weighted by molar-refractivity contribution is 0.388. The number of fused-ring (bicyclic) bond motifs is 1. The van der Waals surface area contributed by atoms with E-state index in [0.717, 1.165) is 36.1 Å². The van der Waals surface area contributed by atoms with Gasteiger partial charge in [0.1, 0.15) is 5.82 Å². The third kappa shape index (κ3) is 2.47. The molecule has 3 heterocycles. The Morgan fingerprint density at radius 3 is 2.61 bits per heavy atom. The maximum absolute atomic E-state index is 12.7. The topological polar surface area (TPSA) is 58.4 Å². The fraction of sp³-hybridized carbons (Fsp3) is 0.562. The van der Waals surface area contributed by atoms with Crippen LogP contribution in [0.5, 0.6) is 0 Å². The third-order valence-electron chi connectivity index (χ3n) is 4.98. The minimum Gasteiger partial charge on any atom is -0.324 e. The van der Waals surface area contributed by atoms with E-state index in [-0.39, 0.29) is 6.04 Å². The molecule has 0 spiro atoms. The molecule has 2 fully saturated rings. The summed E-state index contributed by atoms with van der Waals surface area (Å²) in [5.41, 5.74) is 2.07. The Morgan fingerprint density at radius 1 is 1.09 bits per heavy atom. The number of hydrogen-bond acceptors (Lipinski definition) is 3. The van der Waals surface area contributed by atoms with Crippen LogP contribution >= 0.6 is 0 Å². The summed E-state index contributed by atoms with van der Waals surface area (Å²) in [6.07, 6.45) is 2.79. The zero-order valence-corrected chi connectivity index (χ0v) is 14.2. The molecule has 6 nitrogen and oxygen atoms in total. The molecule has 0 aliphatic carbocycles. The van der Waals surface area contributed by atoms with Crippen molar-refractivity contribution < 1.29 is 8.42 Å². The number of aryl methyl sites for hydroxylation is 1. The van der Waals surface area contributed by atoms with Crippen LogP contribution in [-0.4, -0.2) is 52.8 Å². The van der Waals surface area contributed by atoms with E-state index in [1.165, 1.54) is 0 Å². The summed E-state index contributed by atoms with van der Waals surface area (Å²) in [6, 6.07) is 8.23. The van der Waals surface area contributed by atoms with E-state index in [2.05, 4.69) is 15.6 Å². The molecule has 0 radical (unpaired) electrons. The standard InChI is InChI=1S/C16H22N4O2S/c1-13-17-15-6-2-3-7-16(15)20(13)14-8-11-19(12-14)23(21,22)18-9-4-5-10-18/h2-3,6-7,14H,4-5,8-12H2,1H3/t14-/m0/s1. The lowest BCUT2D eigenvalue weighted by Gasteiger charge is -2.23. The largest absolute Gasteiger partial charge is 0.324 e. The highest BCUT2D eigenvalue weighted by atomic mass is 32.2. The summed E-state index contributed by atoms with van der Waals surface area (Å²) in [4.78, 5) is 4.61. The van der Waals surface area contributed by atoms with Crippen molar-refractivity contribution in [2.24, 2.45) is 0 Å². The van der Waals surface area contributed by atoms with Crippen molar-refractivity contribution >= 4 is 21.2 Å². The fourth-order valence-electron chi connectivity index (χ4n) is 3.84. The van der Waals surface area contributed by atoms with Gasteiger partial charge in [-0.05, 0) is 38.3 Å². The first kappa shape index (κ1) is 15.1. The van der Waals surface area contributed by atoms with Crippen molar-refractivity contribution in [3.8, 4) is 0 Å². The van der Waals surface area contributed by atoms with E-state index in [1.807, 2.05) is 25.1 Å². The van der Waals surface area contributed by atoms with Gasteiger partial charge in [-0.15, -0.1) is 0 Å². The number of nitrogens with zero attached hydrogens (tertiary/aromatic N) is 4. The zero-order valence-electron chi connectivity index (χ0n) is 13.4. The van der Waals surface area contributed by atoms with Crippen LogP contribution < -0.4 is 0 Å². The zero-order chi connectivity index (χ0) is 16.0. The van der Waals surface area contributed by atoms with Crippen LogP contribution in [0.15, 0.2) is 24.3 Å². The lowest BCUT2D eigenvalue weighted by atomic mass is 10.2. The van der Waals surface area contributed by atoms with E-state index in [1.54, 1.807) is 8.61 Å². The molecular weight excluding hydrogens is 312 g/mol. The van der Waals surface area contributed by atoms with Gasteiger partial charge in [0.05, 0.1) is 17.1 Å². The molecule has 1 aromatic heterocycles. The molecule has 1 atom stereocenters. The number of imidazole rings is 1. The summed E-state index contributed by atoms with van der Waals surface area (Å²) in [5, 5.41) is 0. The minimum absolute atomic E-state index is 0.166. The maximum atomic E-state index is 12.7. The Bertz CT molecular complexity index is 824. The summed E-state index contributed by atoms with van der Waals surface area (Å²) in [5.74, 6) is 0.955. The highest BCUT2D eigenvalue weighted by molar-refractivity contribution is 7.86. The monoisotopic (exact) mass is 334 g/mol. The molecule has 23 heavy (non-hydrogen) atoms. The molecule has 0 N–H and O–H groups in total. The first-order valence-corrected chi connectivity index (χ1v) is 9.66. The molecule has 2 aliphatic rings. The molecule has 124 valence electrons. The summed E-state index contributed by atoms with van der Waals surface area (Å²) >= 11 is 0. The molecular formula is C16H22N4O2S. The van der Waals surface area contributed by atoms with Crippen molar-refractivity contribution in [2.75, 3.05) is 26.2 Å². The van der Waals surface area contributed by atoms with Crippen LogP contribution in [0.2, 0.25) is 0 Å².